The van der Waals surface area contributed by atoms with Crippen LogP contribution in [0.5, 0.6) is 0 Å². The van der Waals surface area contributed by atoms with Crippen LogP contribution in [0.25, 0.3) is 0 Å². The molecule has 0 aliphatic heterocycles. The first kappa shape index (κ1) is 15.5. The summed E-state index contributed by atoms with van der Waals surface area (Å²) in [6.07, 6.45) is 2.56. The summed E-state index contributed by atoms with van der Waals surface area (Å²) in [5, 5.41) is 5.78. The summed E-state index contributed by atoms with van der Waals surface area (Å²) in [5.74, 6) is -0.00913. The zero-order valence-electron chi connectivity index (χ0n) is 12.6. The highest BCUT2D eigenvalue weighted by Crippen LogP contribution is 2.25. The van der Waals surface area contributed by atoms with Crippen molar-refractivity contribution < 1.29 is 9.59 Å². The van der Waals surface area contributed by atoms with Gasteiger partial charge in [-0.2, -0.15) is 0 Å². The fourth-order valence-corrected chi connectivity index (χ4v) is 2.76. The summed E-state index contributed by atoms with van der Waals surface area (Å²) in [4.78, 5) is 23.3. The molecule has 0 aromatic heterocycles. The van der Waals surface area contributed by atoms with E-state index in [0.29, 0.717) is 0 Å². The molecular formula is C16H23N3O2. The van der Waals surface area contributed by atoms with Gasteiger partial charge in [-0.15, -0.1) is 0 Å². The van der Waals surface area contributed by atoms with Crippen LogP contribution >= 0.6 is 0 Å². The van der Waals surface area contributed by atoms with Crippen molar-refractivity contribution in [2.24, 2.45) is 11.7 Å². The van der Waals surface area contributed by atoms with Crippen molar-refractivity contribution in [3.05, 3.63) is 29.8 Å². The van der Waals surface area contributed by atoms with Crippen LogP contribution in [0.15, 0.2) is 24.3 Å². The molecule has 1 aliphatic carbocycles. The Hall–Kier alpha value is -1.88. The molecule has 3 atom stereocenters. The van der Waals surface area contributed by atoms with Gasteiger partial charge in [0, 0.05) is 24.6 Å². The molecule has 21 heavy (non-hydrogen) atoms. The highest BCUT2D eigenvalue weighted by atomic mass is 16.2. The summed E-state index contributed by atoms with van der Waals surface area (Å²) < 4.78 is 0. The summed E-state index contributed by atoms with van der Waals surface area (Å²) in [7, 11) is 0. The fraction of sp³-hybridized carbons (Fsp3) is 0.500. The number of carbonyl (C=O) groups is 2. The Labute approximate surface area is 125 Å². The molecule has 4 N–H and O–H groups in total. The molecule has 5 heteroatoms. The molecule has 0 radical (unpaired) electrons. The lowest BCUT2D eigenvalue weighted by Crippen LogP contribution is -2.32. The van der Waals surface area contributed by atoms with Crippen LogP contribution in [0.3, 0.4) is 0 Å². The maximum atomic E-state index is 12.2. The van der Waals surface area contributed by atoms with Gasteiger partial charge in [-0.25, -0.2) is 0 Å². The van der Waals surface area contributed by atoms with Crippen LogP contribution in [0.2, 0.25) is 0 Å². The maximum absolute atomic E-state index is 12.2. The Balaban J connectivity index is 1.98. The van der Waals surface area contributed by atoms with Gasteiger partial charge < -0.3 is 16.4 Å². The van der Waals surface area contributed by atoms with E-state index in [1.165, 1.54) is 6.92 Å². The monoisotopic (exact) mass is 289 g/mol. The first-order valence-corrected chi connectivity index (χ1v) is 7.39. The number of nitrogens with two attached hydrogens (primary N) is 1. The highest BCUT2D eigenvalue weighted by Gasteiger charge is 2.28. The van der Waals surface area contributed by atoms with E-state index in [4.69, 9.17) is 5.73 Å². The average Bonchev–Trinajstić information content (AvgIpc) is 2.85. The first-order chi connectivity index (χ1) is 9.95. The number of hydrogen-bond donors (Lipinski definition) is 3. The van der Waals surface area contributed by atoms with Gasteiger partial charge in [0.05, 0.1) is 6.04 Å². The highest BCUT2D eigenvalue weighted by molar-refractivity contribution is 5.88. The van der Waals surface area contributed by atoms with Gasteiger partial charge in [-0.1, -0.05) is 12.1 Å². The van der Waals surface area contributed by atoms with Crippen molar-refractivity contribution in [3.63, 3.8) is 0 Å². The SMILES string of the molecule is CC(=O)Nc1cccc(C(C)NC(=O)C2CCC(N)C2)c1. The molecule has 1 aliphatic rings. The zero-order valence-corrected chi connectivity index (χ0v) is 12.6. The van der Waals surface area contributed by atoms with Gasteiger partial charge in [0.25, 0.3) is 0 Å². The minimum atomic E-state index is -0.108. The predicted octanol–water partition coefficient (Wildman–Crippen LogP) is 1.95. The van der Waals surface area contributed by atoms with Crippen LogP contribution in [0.4, 0.5) is 5.69 Å². The molecule has 114 valence electrons. The van der Waals surface area contributed by atoms with Crippen molar-refractivity contribution in [1.82, 2.24) is 5.32 Å². The zero-order chi connectivity index (χ0) is 15.4. The van der Waals surface area contributed by atoms with Crippen LogP contribution < -0.4 is 16.4 Å². The molecular weight excluding hydrogens is 266 g/mol. The molecule has 1 aromatic rings. The largest absolute Gasteiger partial charge is 0.349 e. The second-order valence-corrected chi connectivity index (χ2v) is 5.81. The summed E-state index contributed by atoms with van der Waals surface area (Å²) in [5.41, 5.74) is 7.56. The molecule has 1 aromatic carbocycles. The van der Waals surface area contributed by atoms with Crippen molar-refractivity contribution in [2.75, 3.05) is 5.32 Å². The van der Waals surface area contributed by atoms with E-state index in [1.54, 1.807) is 0 Å². The molecule has 1 fully saturated rings. The topological polar surface area (TPSA) is 84.2 Å². The van der Waals surface area contributed by atoms with Gasteiger partial charge in [0.15, 0.2) is 0 Å². The summed E-state index contributed by atoms with van der Waals surface area (Å²) in [6, 6.07) is 7.58. The first-order valence-electron chi connectivity index (χ1n) is 7.39. The van der Waals surface area contributed by atoms with Crippen LogP contribution in [0.1, 0.15) is 44.7 Å². The normalized spacial score (nSPS) is 22.6. The van der Waals surface area contributed by atoms with E-state index in [2.05, 4.69) is 10.6 Å². The summed E-state index contributed by atoms with van der Waals surface area (Å²) >= 11 is 0. The number of rotatable bonds is 4. The van der Waals surface area contributed by atoms with Crippen LogP contribution in [-0.2, 0) is 9.59 Å². The Kier molecular flexibility index (Phi) is 4.96. The minimum Gasteiger partial charge on any atom is -0.349 e. The molecule has 3 unspecified atom stereocenters. The van der Waals surface area contributed by atoms with E-state index in [9.17, 15) is 9.59 Å². The second-order valence-electron chi connectivity index (χ2n) is 5.81. The summed E-state index contributed by atoms with van der Waals surface area (Å²) in [6.45, 7) is 3.42. The number of benzene rings is 1. The lowest BCUT2D eigenvalue weighted by Gasteiger charge is -2.18. The van der Waals surface area contributed by atoms with E-state index >= 15 is 0 Å². The Morgan fingerprint density at radius 2 is 2.10 bits per heavy atom. The fourth-order valence-electron chi connectivity index (χ4n) is 2.76. The average molecular weight is 289 g/mol. The van der Waals surface area contributed by atoms with Gasteiger partial charge >= 0.3 is 0 Å². The number of amides is 2. The van der Waals surface area contributed by atoms with E-state index in [-0.39, 0.29) is 29.8 Å². The van der Waals surface area contributed by atoms with Crippen molar-refractivity contribution in [2.45, 2.75) is 45.2 Å². The van der Waals surface area contributed by atoms with Crippen molar-refractivity contribution in [3.8, 4) is 0 Å². The molecule has 0 heterocycles. The van der Waals surface area contributed by atoms with Gasteiger partial charge in [0.2, 0.25) is 11.8 Å². The quantitative estimate of drug-likeness (QED) is 0.792. The standard InChI is InChI=1S/C16H23N3O2/c1-10(18-16(21)13-6-7-14(17)8-13)12-4-3-5-15(9-12)19-11(2)20/h3-5,9-10,13-14H,6-8,17H2,1-2H3,(H,18,21)(H,19,20). The number of hydrogen-bond acceptors (Lipinski definition) is 3. The predicted molar refractivity (Wildman–Crippen MR) is 82.6 cm³/mol. The van der Waals surface area contributed by atoms with Crippen molar-refractivity contribution >= 4 is 17.5 Å². The maximum Gasteiger partial charge on any atom is 0.223 e. The van der Waals surface area contributed by atoms with E-state index < -0.39 is 0 Å². The smallest absolute Gasteiger partial charge is 0.223 e. The molecule has 2 rings (SSSR count). The van der Waals surface area contributed by atoms with Gasteiger partial charge in [-0.05, 0) is 43.9 Å². The Morgan fingerprint density at radius 1 is 1.33 bits per heavy atom. The third-order valence-electron chi connectivity index (χ3n) is 3.91. The lowest BCUT2D eigenvalue weighted by atomic mass is 10.0. The third kappa shape index (κ3) is 4.29. The molecule has 0 saturated heterocycles. The Bertz CT molecular complexity index is 530. The third-order valence-corrected chi connectivity index (χ3v) is 3.91. The second kappa shape index (κ2) is 6.72. The number of carbonyl (C=O) groups excluding carboxylic acids is 2. The van der Waals surface area contributed by atoms with Gasteiger partial charge in [0.1, 0.15) is 0 Å². The van der Waals surface area contributed by atoms with Gasteiger partial charge in [-0.3, -0.25) is 9.59 Å². The van der Waals surface area contributed by atoms with Crippen molar-refractivity contribution in [1.29, 1.82) is 0 Å². The molecule has 2 amide bonds. The molecule has 5 nitrogen and oxygen atoms in total. The van der Waals surface area contributed by atoms with Crippen LogP contribution in [0, 0.1) is 5.92 Å². The Morgan fingerprint density at radius 3 is 2.71 bits per heavy atom. The van der Waals surface area contributed by atoms with E-state index in [0.717, 1.165) is 30.5 Å². The van der Waals surface area contributed by atoms with Crippen LogP contribution in [-0.4, -0.2) is 17.9 Å². The molecule has 1 saturated carbocycles. The minimum absolute atomic E-state index is 0.0287. The molecule has 0 bridgehead atoms. The number of nitrogens with one attached hydrogen (secondary N) is 2. The van der Waals surface area contributed by atoms with E-state index in [1.807, 2.05) is 31.2 Å². The number of anilines is 1. The molecule has 0 spiro atoms. The lowest BCUT2D eigenvalue weighted by molar-refractivity contribution is -0.125.